The van der Waals surface area contributed by atoms with Gasteiger partial charge in [0.2, 0.25) is 0 Å². The molecule has 0 amide bonds. The summed E-state index contributed by atoms with van der Waals surface area (Å²) in [5.41, 5.74) is 14.0. The molecular formula is C15H15ClFN3O. The number of halogens is 2. The molecule has 21 heavy (non-hydrogen) atoms. The van der Waals surface area contributed by atoms with Gasteiger partial charge in [-0.15, -0.1) is 0 Å². The highest BCUT2D eigenvalue weighted by Crippen LogP contribution is 2.45. The zero-order chi connectivity index (χ0) is 15.4. The van der Waals surface area contributed by atoms with E-state index in [2.05, 4.69) is 4.99 Å². The Bertz CT molecular complexity index is 726. The van der Waals surface area contributed by atoms with Gasteiger partial charge < -0.3 is 10.5 Å². The molecule has 0 aromatic heterocycles. The lowest BCUT2D eigenvalue weighted by Gasteiger charge is -2.31. The summed E-state index contributed by atoms with van der Waals surface area (Å²) in [6.45, 7) is 3.75. The van der Waals surface area contributed by atoms with Crippen LogP contribution in [0.2, 0.25) is 5.02 Å². The number of ether oxygens (including phenoxy) is 1. The summed E-state index contributed by atoms with van der Waals surface area (Å²) in [6.07, 6.45) is 1.07. The van der Waals surface area contributed by atoms with Gasteiger partial charge in [-0.1, -0.05) is 17.7 Å². The summed E-state index contributed by atoms with van der Waals surface area (Å²) in [7, 11) is 0. The maximum Gasteiger partial charge on any atom is 0.188 e. The van der Waals surface area contributed by atoms with Crippen molar-refractivity contribution in [2.75, 3.05) is 0 Å². The topological polar surface area (TPSA) is 73.6 Å². The number of aliphatic imine (C=N–C) groups is 1. The van der Waals surface area contributed by atoms with E-state index in [1.165, 1.54) is 6.07 Å². The minimum Gasteiger partial charge on any atom is -0.468 e. The molecule has 0 aliphatic carbocycles. The van der Waals surface area contributed by atoms with Gasteiger partial charge in [0, 0.05) is 11.8 Å². The minimum atomic E-state index is -0.693. The molecule has 0 saturated heterocycles. The molecule has 6 heteroatoms. The van der Waals surface area contributed by atoms with E-state index in [-0.39, 0.29) is 5.02 Å². The van der Waals surface area contributed by atoms with Crippen molar-refractivity contribution in [3.63, 3.8) is 0 Å². The monoisotopic (exact) mass is 307 g/mol. The molecule has 0 bridgehead atoms. The average molecular weight is 308 g/mol. The second-order valence-corrected chi connectivity index (χ2v) is 5.78. The third-order valence-corrected chi connectivity index (χ3v) is 4.24. The average Bonchev–Trinajstić information content (AvgIpc) is 2.75. The van der Waals surface area contributed by atoms with Crippen LogP contribution < -0.4 is 11.5 Å². The highest BCUT2D eigenvalue weighted by atomic mass is 35.5. The van der Waals surface area contributed by atoms with Crippen LogP contribution in [0.4, 0.5) is 4.39 Å². The number of fused-ring (bicyclic) bond motifs is 1. The van der Waals surface area contributed by atoms with Crippen LogP contribution in [0.1, 0.15) is 19.4 Å². The molecule has 4 nitrogen and oxygen atoms in total. The van der Waals surface area contributed by atoms with Crippen LogP contribution >= 0.6 is 11.6 Å². The van der Waals surface area contributed by atoms with E-state index < -0.39 is 17.5 Å². The zero-order valence-electron chi connectivity index (χ0n) is 11.7. The first-order chi connectivity index (χ1) is 9.84. The smallest absolute Gasteiger partial charge is 0.188 e. The van der Waals surface area contributed by atoms with Gasteiger partial charge in [-0.2, -0.15) is 0 Å². The van der Waals surface area contributed by atoms with Gasteiger partial charge in [0.25, 0.3) is 0 Å². The van der Waals surface area contributed by atoms with E-state index >= 15 is 0 Å². The Morgan fingerprint density at radius 1 is 1.43 bits per heavy atom. The lowest BCUT2D eigenvalue weighted by atomic mass is 9.74. The Hall–Kier alpha value is -1.85. The molecule has 0 saturated carbocycles. The van der Waals surface area contributed by atoms with Gasteiger partial charge in [0.1, 0.15) is 11.6 Å². The number of allylic oxidation sites excluding steroid dienone is 2. The molecule has 2 unspecified atom stereocenters. The lowest BCUT2D eigenvalue weighted by Crippen LogP contribution is -2.32. The maximum absolute atomic E-state index is 13.4. The molecule has 3 rings (SSSR count). The number of rotatable bonds is 1. The van der Waals surface area contributed by atoms with Crippen LogP contribution in [0.25, 0.3) is 0 Å². The second kappa shape index (κ2) is 4.58. The van der Waals surface area contributed by atoms with Crippen LogP contribution in [0, 0.1) is 5.82 Å². The predicted molar refractivity (Wildman–Crippen MR) is 80.2 cm³/mol. The molecule has 0 radical (unpaired) electrons. The first kappa shape index (κ1) is 14.1. The summed E-state index contributed by atoms with van der Waals surface area (Å²) in [5, 5.41) is 0.0531. The summed E-state index contributed by atoms with van der Waals surface area (Å²) < 4.78 is 19.0. The van der Waals surface area contributed by atoms with Gasteiger partial charge in [-0.3, -0.25) is 10.7 Å². The number of benzene rings is 1. The molecule has 1 aromatic rings. The number of hydrogen-bond donors (Lipinski definition) is 2. The second-order valence-electron chi connectivity index (χ2n) is 5.37. The van der Waals surface area contributed by atoms with Crippen molar-refractivity contribution in [1.29, 1.82) is 0 Å². The standard InChI is InChI=1S/C15H15ClFN3O/c1-7-13-11(12(18)14(19)21-13)15(2,6-20-7)8-3-4-10(17)9(16)5-8/h3-6,14H,18-19H2,1-2H3. The van der Waals surface area contributed by atoms with Crippen LogP contribution in [-0.2, 0) is 10.2 Å². The Morgan fingerprint density at radius 2 is 2.14 bits per heavy atom. The fourth-order valence-corrected chi connectivity index (χ4v) is 2.89. The summed E-state index contributed by atoms with van der Waals surface area (Å²) >= 11 is 5.90. The Morgan fingerprint density at radius 3 is 2.81 bits per heavy atom. The van der Waals surface area contributed by atoms with Gasteiger partial charge in [0.05, 0.1) is 21.8 Å². The van der Waals surface area contributed by atoms with Gasteiger partial charge in [-0.25, -0.2) is 4.39 Å². The molecule has 2 heterocycles. The van der Waals surface area contributed by atoms with E-state index in [0.29, 0.717) is 17.2 Å². The summed E-state index contributed by atoms with van der Waals surface area (Å²) in [6, 6.07) is 4.56. The van der Waals surface area contributed by atoms with Crippen molar-refractivity contribution in [2.45, 2.75) is 25.5 Å². The first-order valence-electron chi connectivity index (χ1n) is 6.49. The SMILES string of the molecule is CC1=C2OC(N)C(N)=C2C(C)(c2ccc(F)c(Cl)c2)C=N1. The van der Waals surface area contributed by atoms with Crippen LogP contribution in [0.15, 0.2) is 45.9 Å². The van der Waals surface area contributed by atoms with Crippen LogP contribution in [0.5, 0.6) is 0 Å². The van der Waals surface area contributed by atoms with E-state index in [4.69, 9.17) is 27.8 Å². The summed E-state index contributed by atoms with van der Waals surface area (Å²) in [4.78, 5) is 4.37. The molecule has 1 aromatic carbocycles. The highest BCUT2D eigenvalue weighted by molar-refractivity contribution is 6.30. The van der Waals surface area contributed by atoms with Crippen molar-refractivity contribution in [1.82, 2.24) is 0 Å². The van der Waals surface area contributed by atoms with Crippen molar-refractivity contribution < 1.29 is 9.13 Å². The predicted octanol–water partition coefficient (Wildman–Crippen LogP) is 2.58. The van der Waals surface area contributed by atoms with Crippen LogP contribution in [-0.4, -0.2) is 12.4 Å². The van der Waals surface area contributed by atoms with Gasteiger partial charge in [-0.05, 0) is 31.5 Å². The zero-order valence-corrected chi connectivity index (χ0v) is 12.4. The fourth-order valence-electron chi connectivity index (χ4n) is 2.71. The van der Waals surface area contributed by atoms with Crippen molar-refractivity contribution in [2.24, 2.45) is 16.5 Å². The third-order valence-electron chi connectivity index (χ3n) is 3.95. The first-order valence-corrected chi connectivity index (χ1v) is 6.86. The Kier molecular flexibility index (Phi) is 3.07. The number of nitrogens with two attached hydrogens (primary N) is 2. The molecular weight excluding hydrogens is 293 g/mol. The normalized spacial score (nSPS) is 28.0. The van der Waals surface area contributed by atoms with Gasteiger partial charge in [0.15, 0.2) is 6.23 Å². The highest BCUT2D eigenvalue weighted by Gasteiger charge is 2.43. The molecule has 2 aliphatic heterocycles. The maximum atomic E-state index is 13.4. The minimum absolute atomic E-state index is 0.0531. The lowest BCUT2D eigenvalue weighted by molar-refractivity contribution is 0.173. The van der Waals surface area contributed by atoms with Crippen molar-refractivity contribution in [3.05, 3.63) is 57.3 Å². The van der Waals surface area contributed by atoms with Crippen LogP contribution in [0.3, 0.4) is 0 Å². The van der Waals surface area contributed by atoms with Gasteiger partial charge >= 0.3 is 0 Å². The summed E-state index contributed by atoms with van der Waals surface area (Å²) in [5.74, 6) is 0.121. The van der Waals surface area contributed by atoms with Crippen molar-refractivity contribution >= 4 is 17.8 Å². The molecule has 2 atom stereocenters. The molecule has 4 N–H and O–H groups in total. The Labute approximate surface area is 126 Å². The molecule has 0 fully saturated rings. The van der Waals surface area contributed by atoms with E-state index in [1.807, 2.05) is 13.8 Å². The fraction of sp³-hybridized carbons (Fsp3) is 0.267. The van der Waals surface area contributed by atoms with Crippen molar-refractivity contribution in [3.8, 4) is 0 Å². The Balaban J connectivity index is 2.21. The molecule has 110 valence electrons. The third kappa shape index (κ3) is 1.96. The number of hydrogen-bond acceptors (Lipinski definition) is 4. The van der Waals surface area contributed by atoms with E-state index in [9.17, 15) is 4.39 Å². The number of nitrogens with zero attached hydrogens (tertiary/aromatic N) is 1. The van der Waals surface area contributed by atoms with E-state index in [1.54, 1.807) is 18.3 Å². The quantitative estimate of drug-likeness (QED) is 0.837. The largest absolute Gasteiger partial charge is 0.468 e. The molecule has 0 spiro atoms. The van der Waals surface area contributed by atoms with E-state index in [0.717, 1.165) is 11.1 Å². The molecule has 2 aliphatic rings.